The quantitative estimate of drug-likeness (QED) is 0.172. The van der Waals surface area contributed by atoms with Gasteiger partial charge in [0, 0.05) is 30.9 Å². The number of methoxy groups -OCH3 is 1. The minimum absolute atomic E-state index is 0.0757. The van der Waals surface area contributed by atoms with Gasteiger partial charge in [-0.3, -0.25) is 0 Å². The molecular formula is C23H31N3O2S2. The zero-order valence-corrected chi connectivity index (χ0v) is 18.9. The second-order valence-electron chi connectivity index (χ2n) is 6.80. The third-order valence-corrected chi connectivity index (χ3v) is 5.22. The maximum Gasteiger partial charge on any atom is 0.118 e. The fraction of sp³-hybridized carbons (Fsp3) is 0.304. The van der Waals surface area contributed by atoms with Crippen LogP contribution in [0.25, 0.3) is 12.2 Å². The Hall–Kier alpha value is -1.90. The monoisotopic (exact) mass is 445 g/mol. The molecule has 0 bridgehead atoms. The highest BCUT2D eigenvalue weighted by Gasteiger charge is 2.10. The van der Waals surface area contributed by atoms with Crippen LogP contribution < -0.4 is 21.1 Å². The van der Waals surface area contributed by atoms with E-state index in [9.17, 15) is 5.11 Å². The molecule has 2 aromatic rings. The van der Waals surface area contributed by atoms with Gasteiger partial charge < -0.3 is 26.2 Å². The molecule has 30 heavy (non-hydrogen) atoms. The number of hydrogen-bond donors (Lipinski definition) is 6. The zero-order chi connectivity index (χ0) is 21.8. The van der Waals surface area contributed by atoms with Crippen LogP contribution in [0.15, 0.2) is 60.7 Å². The molecule has 2 rings (SSSR count). The van der Waals surface area contributed by atoms with E-state index < -0.39 is 0 Å². The molecule has 0 fully saturated rings. The first kappa shape index (κ1) is 24.4. The summed E-state index contributed by atoms with van der Waals surface area (Å²) in [6.45, 7) is 1.50. The Labute approximate surface area is 190 Å². The number of nitrogens with two attached hydrogens (primary N) is 1. The van der Waals surface area contributed by atoms with Crippen molar-refractivity contribution in [1.82, 2.24) is 10.6 Å². The molecule has 0 amide bonds. The second kappa shape index (κ2) is 13.4. The summed E-state index contributed by atoms with van der Waals surface area (Å²) in [5.41, 5.74) is 8.09. The number of aromatic hydroxyl groups is 1. The molecule has 0 saturated heterocycles. The van der Waals surface area contributed by atoms with Crippen LogP contribution in [0.5, 0.6) is 11.5 Å². The van der Waals surface area contributed by atoms with Crippen LogP contribution in [0.2, 0.25) is 0 Å². The molecule has 0 aliphatic rings. The van der Waals surface area contributed by atoms with Crippen molar-refractivity contribution >= 4 is 37.4 Å². The van der Waals surface area contributed by atoms with Crippen LogP contribution in [0.3, 0.4) is 0 Å². The maximum absolute atomic E-state index is 9.36. The van der Waals surface area contributed by atoms with Gasteiger partial charge in [-0.05, 0) is 35.4 Å². The van der Waals surface area contributed by atoms with Gasteiger partial charge in [-0.1, -0.05) is 48.6 Å². The van der Waals surface area contributed by atoms with Crippen LogP contribution in [0, 0.1) is 0 Å². The van der Waals surface area contributed by atoms with Crippen LogP contribution in [-0.2, 0) is 0 Å². The lowest BCUT2D eigenvalue weighted by Crippen LogP contribution is -2.44. The molecule has 7 heteroatoms. The average Bonchev–Trinajstić information content (AvgIpc) is 2.76. The van der Waals surface area contributed by atoms with Crippen molar-refractivity contribution in [3.05, 3.63) is 71.8 Å². The maximum atomic E-state index is 9.36. The van der Waals surface area contributed by atoms with E-state index in [2.05, 4.69) is 48.0 Å². The summed E-state index contributed by atoms with van der Waals surface area (Å²) in [6, 6.07) is 15.0. The van der Waals surface area contributed by atoms with Gasteiger partial charge in [-0.2, -0.15) is 25.3 Å². The summed E-state index contributed by atoms with van der Waals surface area (Å²) >= 11 is 8.81. The van der Waals surface area contributed by atoms with E-state index in [0.717, 1.165) is 30.0 Å². The number of phenolic OH excluding ortho intramolecular Hbond substituents is 1. The van der Waals surface area contributed by atoms with Gasteiger partial charge in [-0.15, -0.1) is 0 Å². The van der Waals surface area contributed by atoms with E-state index in [0.29, 0.717) is 5.75 Å². The van der Waals surface area contributed by atoms with E-state index in [1.807, 2.05) is 48.6 Å². The molecule has 3 atom stereocenters. The minimum Gasteiger partial charge on any atom is -0.508 e. The molecule has 0 aliphatic carbocycles. The number of ether oxygens (including phenoxy) is 1. The molecule has 5 nitrogen and oxygen atoms in total. The zero-order valence-electron chi connectivity index (χ0n) is 17.1. The second-order valence-corrected chi connectivity index (χ2v) is 7.76. The van der Waals surface area contributed by atoms with Gasteiger partial charge in [0.15, 0.2) is 0 Å². The Morgan fingerprint density at radius 2 is 1.53 bits per heavy atom. The van der Waals surface area contributed by atoms with Gasteiger partial charge in [0.05, 0.1) is 12.5 Å². The Kier molecular flexibility index (Phi) is 10.9. The lowest BCUT2D eigenvalue weighted by Gasteiger charge is -2.19. The molecule has 0 saturated carbocycles. The van der Waals surface area contributed by atoms with Crippen molar-refractivity contribution in [2.75, 3.05) is 26.0 Å². The molecule has 5 N–H and O–H groups in total. The van der Waals surface area contributed by atoms with Crippen molar-refractivity contribution < 1.29 is 9.84 Å². The van der Waals surface area contributed by atoms with E-state index >= 15 is 0 Å². The summed E-state index contributed by atoms with van der Waals surface area (Å²) in [7, 11) is 1.66. The van der Waals surface area contributed by atoms with E-state index in [-0.39, 0.29) is 23.2 Å². The first-order valence-corrected chi connectivity index (χ1v) is 11.0. The van der Waals surface area contributed by atoms with Crippen LogP contribution in [0.1, 0.15) is 11.1 Å². The average molecular weight is 446 g/mol. The first-order valence-electron chi connectivity index (χ1n) is 9.82. The Balaban J connectivity index is 1.79. The lowest BCUT2D eigenvalue weighted by molar-refractivity contribution is 0.415. The molecule has 0 aromatic heterocycles. The minimum atomic E-state index is -0.325. The highest BCUT2D eigenvalue weighted by Crippen LogP contribution is 2.13. The third kappa shape index (κ3) is 8.85. The lowest BCUT2D eigenvalue weighted by atomic mass is 10.1. The predicted octanol–water partition coefficient (Wildman–Crippen LogP) is 3.19. The Bertz CT molecular complexity index is 793. The number of rotatable bonds is 12. The predicted molar refractivity (Wildman–Crippen MR) is 134 cm³/mol. The summed E-state index contributed by atoms with van der Waals surface area (Å²) in [6.07, 6.45) is 8.15. The SMILES string of the molecule is COc1ccc(/C=C/C(CS)NCCNC(/C=C/c2ccc(O)cc2)C(N)S)cc1. The first-order chi connectivity index (χ1) is 14.5. The Morgan fingerprint density at radius 1 is 0.967 bits per heavy atom. The number of thiol groups is 2. The third-order valence-electron chi connectivity index (χ3n) is 4.50. The van der Waals surface area contributed by atoms with Crippen molar-refractivity contribution in [1.29, 1.82) is 0 Å². The molecule has 0 aliphatic heterocycles. The van der Waals surface area contributed by atoms with Crippen LogP contribution >= 0.6 is 25.3 Å². The van der Waals surface area contributed by atoms with Crippen LogP contribution in [-0.4, -0.2) is 48.5 Å². The molecular weight excluding hydrogens is 414 g/mol. The highest BCUT2D eigenvalue weighted by atomic mass is 32.1. The smallest absolute Gasteiger partial charge is 0.118 e. The van der Waals surface area contributed by atoms with Crippen molar-refractivity contribution in [3.8, 4) is 11.5 Å². The van der Waals surface area contributed by atoms with Crippen molar-refractivity contribution in [3.63, 3.8) is 0 Å². The van der Waals surface area contributed by atoms with Crippen molar-refractivity contribution in [2.24, 2.45) is 5.73 Å². The molecule has 2 aromatic carbocycles. The summed E-state index contributed by atoms with van der Waals surface area (Å²) in [5.74, 6) is 1.79. The number of benzene rings is 2. The van der Waals surface area contributed by atoms with Gasteiger partial charge in [-0.25, -0.2) is 0 Å². The number of nitrogens with one attached hydrogen (secondary N) is 2. The van der Waals surface area contributed by atoms with Crippen LogP contribution in [0.4, 0.5) is 0 Å². The van der Waals surface area contributed by atoms with E-state index in [1.165, 1.54) is 0 Å². The van der Waals surface area contributed by atoms with Crippen molar-refractivity contribution in [2.45, 2.75) is 17.5 Å². The summed E-state index contributed by atoms with van der Waals surface area (Å²) < 4.78 is 5.18. The Morgan fingerprint density at radius 3 is 2.10 bits per heavy atom. The largest absolute Gasteiger partial charge is 0.508 e. The fourth-order valence-electron chi connectivity index (χ4n) is 2.73. The summed E-state index contributed by atoms with van der Waals surface area (Å²) in [5, 5.41) is 15.9. The van der Waals surface area contributed by atoms with Gasteiger partial charge in [0.2, 0.25) is 0 Å². The summed E-state index contributed by atoms with van der Waals surface area (Å²) in [4.78, 5) is 0. The van der Waals surface area contributed by atoms with Gasteiger partial charge in [0.25, 0.3) is 0 Å². The topological polar surface area (TPSA) is 79.5 Å². The molecule has 0 radical (unpaired) electrons. The number of hydrogen-bond acceptors (Lipinski definition) is 7. The van der Waals surface area contributed by atoms with Gasteiger partial charge >= 0.3 is 0 Å². The normalized spacial score (nSPS) is 14.8. The standard InChI is InChI=1S/C23H31N3O2S2/c1-28-21-11-5-17(6-12-21)2-8-19(16-29)25-14-15-26-22(23(24)30)13-7-18-3-9-20(27)10-4-18/h2-13,19,22-23,25-27,29-30H,14-16,24H2,1H3/b8-2+,13-7+. The highest BCUT2D eigenvalue weighted by molar-refractivity contribution is 7.81. The molecule has 0 spiro atoms. The van der Waals surface area contributed by atoms with E-state index in [4.69, 9.17) is 10.5 Å². The van der Waals surface area contributed by atoms with E-state index in [1.54, 1.807) is 19.2 Å². The molecule has 162 valence electrons. The van der Waals surface area contributed by atoms with Gasteiger partial charge in [0.1, 0.15) is 11.5 Å². The fourth-order valence-corrected chi connectivity index (χ4v) is 3.19. The number of phenols is 1. The molecule has 0 heterocycles. The molecule has 3 unspecified atom stereocenters.